The molecule has 0 aromatic heterocycles. The van der Waals surface area contributed by atoms with Gasteiger partial charge in [-0.2, -0.15) is 0 Å². The molecular weight excluding hydrogens is 338 g/mol. The maximum absolute atomic E-state index is 8.52. The molecule has 0 bridgehead atoms. The number of para-hydroxylation sites is 1. The quantitative estimate of drug-likeness (QED) is 0.209. The predicted molar refractivity (Wildman–Crippen MR) is 80.4 cm³/mol. The van der Waals surface area contributed by atoms with Gasteiger partial charge >= 0.3 is 59.1 Å². The molecule has 0 saturated heterocycles. The third-order valence-electron chi connectivity index (χ3n) is 2.76. The standard InChI is InChI=1S/C15H24O.2Na.H2O4S/c1-2-3-4-5-6-7-11-14-16-15-12-9-8-10-13-15;;;1-5(2,3)4/h8-10,12-13H,2-7,11,14H2,1H3;;;(H2,1,2,3,4)/q;2*+1;/p-2. The van der Waals surface area contributed by atoms with Crippen LogP contribution in [0.3, 0.4) is 0 Å². The van der Waals surface area contributed by atoms with Crippen LogP contribution in [-0.4, -0.2) is 24.1 Å². The molecule has 0 N–H and O–H groups in total. The summed E-state index contributed by atoms with van der Waals surface area (Å²) in [5.41, 5.74) is 0. The summed E-state index contributed by atoms with van der Waals surface area (Å²) in [5, 5.41) is 0. The average Bonchev–Trinajstić information content (AvgIpc) is 2.41. The third kappa shape index (κ3) is 28.0. The number of ether oxygens (including phenoxy) is 1. The van der Waals surface area contributed by atoms with Gasteiger partial charge in [0.25, 0.3) is 0 Å². The molecular formula is C15H24Na2O5S. The zero-order chi connectivity index (χ0) is 16.0. The molecule has 122 valence electrons. The van der Waals surface area contributed by atoms with Gasteiger partial charge in [0.1, 0.15) is 5.75 Å². The molecule has 0 spiro atoms. The van der Waals surface area contributed by atoms with E-state index >= 15 is 0 Å². The van der Waals surface area contributed by atoms with Crippen molar-refractivity contribution in [2.75, 3.05) is 6.61 Å². The first-order chi connectivity index (χ1) is 9.93. The van der Waals surface area contributed by atoms with Crippen LogP contribution in [0.25, 0.3) is 0 Å². The Bertz CT molecular complexity index is 432. The number of rotatable bonds is 9. The summed E-state index contributed by atoms with van der Waals surface area (Å²) < 4.78 is 39.7. The second kappa shape index (κ2) is 19.2. The zero-order valence-corrected chi connectivity index (χ0v) is 19.3. The number of hydrogen-bond acceptors (Lipinski definition) is 5. The molecule has 0 aliphatic heterocycles. The van der Waals surface area contributed by atoms with Crippen molar-refractivity contribution in [3.63, 3.8) is 0 Å². The molecule has 1 aromatic rings. The van der Waals surface area contributed by atoms with Crippen molar-refractivity contribution < 1.29 is 81.4 Å². The SMILES string of the molecule is CCCCCCCCCOc1ccccc1.O=S(=O)([O-])[O-].[Na+].[Na+]. The molecule has 1 aromatic carbocycles. The molecule has 0 fully saturated rings. The van der Waals surface area contributed by atoms with E-state index in [0.29, 0.717) is 0 Å². The molecule has 0 saturated carbocycles. The summed E-state index contributed by atoms with van der Waals surface area (Å²) in [6, 6.07) is 10.1. The van der Waals surface area contributed by atoms with E-state index in [2.05, 4.69) is 6.92 Å². The van der Waals surface area contributed by atoms with Crippen molar-refractivity contribution in [3.8, 4) is 5.75 Å². The number of unbranched alkanes of at least 4 members (excludes halogenated alkanes) is 6. The van der Waals surface area contributed by atoms with E-state index in [1.165, 1.54) is 44.9 Å². The van der Waals surface area contributed by atoms with Crippen molar-refractivity contribution in [1.29, 1.82) is 0 Å². The van der Waals surface area contributed by atoms with Crippen LogP contribution in [0.5, 0.6) is 5.75 Å². The fraction of sp³-hybridized carbons (Fsp3) is 0.600. The third-order valence-corrected chi connectivity index (χ3v) is 2.76. The Kier molecular flexibility index (Phi) is 24.0. The first-order valence-corrected chi connectivity index (χ1v) is 8.61. The normalized spacial score (nSPS) is 9.70. The molecule has 0 radical (unpaired) electrons. The maximum atomic E-state index is 8.52. The Labute approximate surface area is 184 Å². The van der Waals surface area contributed by atoms with Gasteiger partial charge in [-0.25, -0.2) is 0 Å². The van der Waals surface area contributed by atoms with Crippen LogP contribution >= 0.6 is 0 Å². The summed E-state index contributed by atoms with van der Waals surface area (Å²) in [7, 11) is -5.17. The van der Waals surface area contributed by atoms with Crippen LogP contribution in [0.1, 0.15) is 51.9 Å². The molecule has 0 aliphatic carbocycles. The Morgan fingerprint density at radius 3 is 1.78 bits per heavy atom. The van der Waals surface area contributed by atoms with Gasteiger partial charge in [0.2, 0.25) is 0 Å². The Morgan fingerprint density at radius 2 is 1.30 bits per heavy atom. The van der Waals surface area contributed by atoms with Crippen molar-refractivity contribution in [2.45, 2.75) is 51.9 Å². The first kappa shape index (κ1) is 28.7. The second-order valence-corrected chi connectivity index (χ2v) is 5.51. The summed E-state index contributed by atoms with van der Waals surface area (Å²) in [6.45, 7) is 3.12. The van der Waals surface area contributed by atoms with Crippen LogP contribution in [0.15, 0.2) is 30.3 Å². The minimum atomic E-state index is -5.17. The minimum absolute atomic E-state index is 0. The van der Waals surface area contributed by atoms with Gasteiger partial charge in [-0.05, 0) is 18.6 Å². The van der Waals surface area contributed by atoms with Gasteiger partial charge in [-0.3, -0.25) is 8.42 Å². The van der Waals surface area contributed by atoms with Crippen LogP contribution < -0.4 is 63.9 Å². The van der Waals surface area contributed by atoms with E-state index in [1.807, 2.05) is 30.3 Å². The van der Waals surface area contributed by atoms with Crippen LogP contribution in [0.4, 0.5) is 0 Å². The van der Waals surface area contributed by atoms with Gasteiger partial charge < -0.3 is 13.8 Å². The molecule has 0 unspecified atom stereocenters. The Balaban J connectivity index is -0.000000502. The van der Waals surface area contributed by atoms with Crippen LogP contribution in [0, 0.1) is 0 Å². The predicted octanol–water partition coefficient (Wildman–Crippen LogP) is -2.51. The maximum Gasteiger partial charge on any atom is 1.00 e. The van der Waals surface area contributed by atoms with Crippen molar-refractivity contribution >= 4 is 10.4 Å². The van der Waals surface area contributed by atoms with E-state index < -0.39 is 10.4 Å². The largest absolute Gasteiger partial charge is 1.00 e. The number of benzene rings is 1. The fourth-order valence-electron chi connectivity index (χ4n) is 1.77. The number of hydrogen-bond donors (Lipinski definition) is 0. The molecule has 1 rings (SSSR count). The van der Waals surface area contributed by atoms with Crippen molar-refractivity contribution in [3.05, 3.63) is 30.3 Å². The van der Waals surface area contributed by atoms with E-state index in [-0.39, 0.29) is 59.1 Å². The van der Waals surface area contributed by atoms with Crippen LogP contribution in [-0.2, 0) is 10.4 Å². The summed E-state index contributed by atoms with van der Waals surface area (Å²) >= 11 is 0. The first-order valence-electron chi connectivity index (χ1n) is 7.28. The topological polar surface area (TPSA) is 89.5 Å². The minimum Gasteiger partial charge on any atom is -0.759 e. The van der Waals surface area contributed by atoms with E-state index in [4.69, 9.17) is 22.3 Å². The molecule has 23 heavy (non-hydrogen) atoms. The molecule has 0 heterocycles. The van der Waals surface area contributed by atoms with Crippen LogP contribution in [0.2, 0.25) is 0 Å². The smallest absolute Gasteiger partial charge is 0.759 e. The molecule has 0 atom stereocenters. The Morgan fingerprint density at radius 1 is 0.870 bits per heavy atom. The van der Waals surface area contributed by atoms with Gasteiger partial charge in [0, 0.05) is 10.4 Å². The van der Waals surface area contributed by atoms with Gasteiger partial charge in [0.15, 0.2) is 0 Å². The van der Waals surface area contributed by atoms with Gasteiger partial charge in [0.05, 0.1) is 6.61 Å². The van der Waals surface area contributed by atoms with Crippen molar-refractivity contribution in [1.82, 2.24) is 0 Å². The molecule has 0 amide bonds. The zero-order valence-electron chi connectivity index (χ0n) is 14.5. The molecule has 8 heteroatoms. The van der Waals surface area contributed by atoms with E-state index in [0.717, 1.165) is 12.4 Å². The van der Waals surface area contributed by atoms with Gasteiger partial charge in [-0.1, -0.05) is 63.6 Å². The van der Waals surface area contributed by atoms with E-state index in [1.54, 1.807) is 0 Å². The second-order valence-electron chi connectivity index (χ2n) is 4.69. The molecule has 5 nitrogen and oxygen atoms in total. The van der Waals surface area contributed by atoms with E-state index in [9.17, 15) is 0 Å². The monoisotopic (exact) mass is 362 g/mol. The summed E-state index contributed by atoms with van der Waals surface area (Å²) in [4.78, 5) is 0. The average molecular weight is 362 g/mol. The van der Waals surface area contributed by atoms with Crippen molar-refractivity contribution in [2.24, 2.45) is 0 Å². The Hall–Kier alpha value is 0.890. The molecule has 0 aliphatic rings. The fourth-order valence-corrected chi connectivity index (χ4v) is 1.77. The summed E-state index contributed by atoms with van der Waals surface area (Å²) in [6.07, 6.45) is 9.35. The van der Waals surface area contributed by atoms with Gasteiger partial charge in [-0.15, -0.1) is 0 Å². The summed E-state index contributed by atoms with van der Waals surface area (Å²) in [5.74, 6) is 0.994.